The van der Waals surface area contributed by atoms with Gasteiger partial charge < -0.3 is 9.47 Å². The predicted molar refractivity (Wildman–Crippen MR) is 59.2 cm³/mol. The van der Waals surface area contributed by atoms with Crippen LogP contribution in [0.5, 0.6) is 5.75 Å². The highest BCUT2D eigenvalue weighted by Crippen LogP contribution is 2.19. The highest BCUT2D eigenvalue weighted by molar-refractivity contribution is 5.86. The van der Waals surface area contributed by atoms with Crippen molar-refractivity contribution in [2.24, 2.45) is 0 Å². The zero-order valence-electron chi connectivity index (χ0n) is 9.75. The lowest BCUT2D eigenvalue weighted by molar-refractivity contribution is 0.0594. The van der Waals surface area contributed by atoms with Gasteiger partial charge in [0.25, 0.3) is 0 Å². The number of hydrogen-bond donors (Lipinski definition) is 0. The minimum absolute atomic E-state index is 0.0497. The predicted octanol–water partition coefficient (Wildman–Crippen LogP) is 1.20. The molecule has 0 radical (unpaired) electrons. The number of esters is 1. The minimum atomic E-state index is -0.602. The summed E-state index contributed by atoms with van der Waals surface area (Å²) in [4.78, 5) is 11.2. The quantitative estimate of drug-likeness (QED) is 0.767. The van der Waals surface area contributed by atoms with Gasteiger partial charge in [-0.2, -0.15) is 0 Å². The van der Waals surface area contributed by atoms with Crippen LogP contribution in [0.25, 0.3) is 5.69 Å². The molecule has 1 aromatic carbocycles. The summed E-state index contributed by atoms with van der Waals surface area (Å²) in [6.45, 7) is 0. The van der Waals surface area contributed by atoms with Crippen molar-refractivity contribution in [3.63, 3.8) is 0 Å². The summed E-state index contributed by atoms with van der Waals surface area (Å²) < 4.78 is 24.1. The van der Waals surface area contributed by atoms with Crippen LogP contribution in [0.3, 0.4) is 0 Å². The largest absolute Gasteiger partial charge is 0.494 e. The maximum Gasteiger partial charge on any atom is 0.360 e. The van der Waals surface area contributed by atoms with E-state index in [0.717, 1.165) is 0 Å². The zero-order valence-corrected chi connectivity index (χ0v) is 9.75. The second-order valence-corrected chi connectivity index (χ2v) is 3.36. The molecule has 0 amide bonds. The van der Waals surface area contributed by atoms with E-state index in [-0.39, 0.29) is 11.4 Å². The molecule has 0 aliphatic heterocycles. The molecule has 18 heavy (non-hydrogen) atoms. The maximum atomic E-state index is 13.5. The van der Waals surface area contributed by atoms with E-state index in [0.29, 0.717) is 5.69 Å². The third-order valence-corrected chi connectivity index (χ3v) is 2.29. The first-order valence-corrected chi connectivity index (χ1v) is 5.00. The molecule has 2 rings (SSSR count). The topological polar surface area (TPSA) is 66.2 Å². The molecule has 0 atom stereocenters. The number of carbonyl (C=O) groups excluding carboxylic acids is 1. The second kappa shape index (κ2) is 4.82. The van der Waals surface area contributed by atoms with E-state index in [1.165, 1.54) is 37.2 Å². The Morgan fingerprint density at radius 3 is 2.78 bits per heavy atom. The summed E-state index contributed by atoms with van der Waals surface area (Å²) in [6, 6.07) is 4.29. The molecule has 1 heterocycles. The molecule has 0 unspecified atom stereocenters. The van der Waals surface area contributed by atoms with E-state index in [1.54, 1.807) is 6.07 Å². The van der Waals surface area contributed by atoms with Crippen molar-refractivity contribution in [1.82, 2.24) is 15.0 Å². The van der Waals surface area contributed by atoms with Crippen LogP contribution < -0.4 is 4.74 Å². The van der Waals surface area contributed by atoms with Crippen molar-refractivity contribution in [2.75, 3.05) is 14.2 Å². The molecule has 94 valence electrons. The van der Waals surface area contributed by atoms with Gasteiger partial charge >= 0.3 is 5.97 Å². The monoisotopic (exact) mass is 251 g/mol. The van der Waals surface area contributed by atoms with E-state index in [2.05, 4.69) is 15.0 Å². The molecule has 0 aliphatic carbocycles. The smallest absolute Gasteiger partial charge is 0.360 e. The van der Waals surface area contributed by atoms with Crippen molar-refractivity contribution >= 4 is 5.97 Å². The van der Waals surface area contributed by atoms with Gasteiger partial charge in [-0.05, 0) is 12.1 Å². The number of halogens is 1. The van der Waals surface area contributed by atoms with Crippen LogP contribution in [0, 0.1) is 5.82 Å². The Kier molecular flexibility index (Phi) is 3.22. The van der Waals surface area contributed by atoms with Crippen LogP contribution in [0.15, 0.2) is 24.4 Å². The first-order chi connectivity index (χ1) is 8.65. The lowest BCUT2D eigenvalue weighted by Gasteiger charge is -2.04. The highest BCUT2D eigenvalue weighted by Gasteiger charge is 2.12. The van der Waals surface area contributed by atoms with Gasteiger partial charge in [0.2, 0.25) is 0 Å². The van der Waals surface area contributed by atoms with Crippen molar-refractivity contribution in [3.05, 3.63) is 35.9 Å². The fourth-order valence-corrected chi connectivity index (χ4v) is 1.39. The Bertz CT molecular complexity index is 583. The molecule has 0 saturated heterocycles. The van der Waals surface area contributed by atoms with Crippen LogP contribution in [0.1, 0.15) is 10.5 Å². The Balaban J connectivity index is 2.34. The number of nitrogens with zero attached hydrogens (tertiary/aromatic N) is 3. The summed E-state index contributed by atoms with van der Waals surface area (Å²) in [5.41, 5.74) is 0.477. The Labute approximate surface area is 102 Å². The molecule has 7 heteroatoms. The average Bonchev–Trinajstić information content (AvgIpc) is 2.87. The van der Waals surface area contributed by atoms with Crippen molar-refractivity contribution in [1.29, 1.82) is 0 Å². The van der Waals surface area contributed by atoms with Crippen LogP contribution in [-0.4, -0.2) is 35.2 Å². The van der Waals surface area contributed by atoms with Gasteiger partial charge in [0.15, 0.2) is 17.3 Å². The fourth-order valence-electron chi connectivity index (χ4n) is 1.39. The first-order valence-electron chi connectivity index (χ1n) is 5.00. The minimum Gasteiger partial charge on any atom is -0.494 e. The van der Waals surface area contributed by atoms with Crippen molar-refractivity contribution in [3.8, 4) is 11.4 Å². The normalized spacial score (nSPS) is 10.2. The molecular weight excluding hydrogens is 241 g/mol. The van der Waals surface area contributed by atoms with Crippen LogP contribution >= 0.6 is 0 Å². The lowest BCUT2D eigenvalue weighted by Crippen LogP contribution is -2.01. The van der Waals surface area contributed by atoms with Gasteiger partial charge in [-0.15, -0.1) is 5.10 Å². The summed E-state index contributed by atoms with van der Waals surface area (Å²) in [5, 5.41) is 7.33. The summed E-state index contributed by atoms with van der Waals surface area (Å²) in [7, 11) is 2.62. The highest BCUT2D eigenvalue weighted by atomic mass is 19.1. The summed E-state index contributed by atoms with van der Waals surface area (Å²) >= 11 is 0. The number of rotatable bonds is 3. The first kappa shape index (κ1) is 12.0. The molecule has 0 bridgehead atoms. The Hall–Kier alpha value is -2.44. The van der Waals surface area contributed by atoms with Crippen LogP contribution in [0.4, 0.5) is 4.39 Å². The zero-order chi connectivity index (χ0) is 13.1. The molecular formula is C11H10FN3O3. The number of ether oxygens (including phenoxy) is 2. The molecule has 0 aliphatic rings. The third-order valence-electron chi connectivity index (χ3n) is 2.29. The van der Waals surface area contributed by atoms with E-state index < -0.39 is 11.8 Å². The van der Waals surface area contributed by atoms with Crippen molar-refractivity contribution in [2.45, 2.75) is 0 Å². The van der Waals surface area contributed by atoms with E-state index in [9.17, 15) is 9.18 Å². The molecule has 0 spiro atoms. The van der Waals surface area contributed by atoms with Crippen LogP contribution in [0.2, 0.25) is 0 Å². The van der Waals surface area contributed by atoms with Crippen LogP contribution in [-0.2, 0) is 4.74 Å². The maximum absolute atomic E-state index is 13.5. The van der Waals surface area contributed by atoms with E-state index >= 15 is 0 Å². The van der Waals surface area contributed by atoms with Gasteiger partial charge in [-0.25, -0.2) is 13.9 Å². The lowest BCUT2D eigenvalue weighted by atomic mass is 10.3. The Morgan fingerprint density at radius 2 is 2.17 bits per heavy atom. The molecule has 1 aromatic heterocycles. The van der Waals surface area contributed by atoms with E-state index in [4.69, 9.17) is 4.74 Å². The van der Waals surface area contributed by atoms with Gasteiger partial charge in [0, 0.05) is 6.07 Å². The second-order valence-electron chi connectivity index (χ2n) is 3.36. The molecule has 0 saturated carbocycles. The fraction of sp³-hybridized carbons (Fsp3) is 0.182. The number of benzene rings is 1. The number of aromatic nitrogens is 3. The molecule has 0 N–H and O–H groups in total. The van der Waals surface area contributed by atoms with Gasteiger partial charge in [0.1, 0.15) is 0 Å². The molecule has 6 nitrogen and oxygen atoms in total. The van der Waals surface area contributed by atoms with Gasteiger partial charge in [-0.1, -0.05) is 5.21 Å². The SMILES string of the molecule is COC(=O)c1cn(-c2ccc(OC)c(F)c2)nn1. The summed E-state index contributed by atoms with van der Waals surface area (Å²) in [5.74, 6) is -0.993. The summed E-state index contributed by atoms with van der Waals surface area (Å²) in [6.07, 6.45) is 1.35. The third kappa shape index (κ3) is 2.15. The van der Waals surface area contributed by atoms with Crippen molar-refractivity contribution < 1.29 is 18.7 Å². The number of carbonyl (C=O) groups is 1. The molecule has 0 fully saturated rings. The van der Waals surface area contributed by atoms with Gasteiger partial charge in [-0.3, -0.25) is 0 Å². The van der Waals surface area contributed by atoms with Gasteiger partial charge in [0.05, 0.1) is 26.1 Å². The number of methoxy groups -OCH3 is 2. The average molecular weight is 251 g/mol. The Morgan fingerprint density at radius 1 is 1.39 bits per heavy atom. The standard InChI is InChI=1S/C11H10FN3O3/c1-17-10-4-3-7(5-8(10)12)15-6-9(13-14-15)11(16)18-2/h3-6H,1-2H3. The number of hydrogen-bond acceptors (Lipinski definition) is 5. The van der Waals surface area contributed by atoms with E-state index in [1.807, 2.05) is 0 Å². The molecule has 2 aromatic rings.